The Morgan fingerprint density at radius 3 is 3.00 bits per heavy atom. The highest BCUT2D eigenvalue weighted by molar-refractivity contribution is 9.10. The van der Waals surface area contributed by atoms with E-state index in [1.54, 1.807) is 0 Å². The van der Waals surface area contributed by atoms with Crippen molar-refractivity contribution in [2.75, 3.05) is 18.4 Å². The van der Waals surface area contributed by atoms with E-state index in [9.17, 15) is 5.26 Å². The Kier molecular flexibility index (Phi) is 3.51. The lowest BCUT2D eigenvalue weighted by molar-refractivity contribution is 0.165. The van der Waals surface area contributed by atoms with Crippen molar-refractivity contribution in [1.29, 1.82) is 5.26 Å². The first-order valence-electron chi connectivity index (χ1n) is 6.90. The van der Waals surface area contributed by atoms with Gasteiger partial charge in [0.2, 0.25) is 0 Å². The van der Waals surface area contributed by atoms with Gasteiger partial charge in [0.15, 0.2) is 0 Å². The lowest BCUT2D eigenvalue weighted by Gasteiger charge is -2.41. The van der Waals surface area contributed by atoms with E-state index in [0.29, 0.717) is 6.04 Å². The van der Waals surface area contributed by atoms with E-state index in [1.165, 1.54) is 19.4 Å². The molecule has 2 aliphatic rings. The number of hydrogen-bond donors (Lipinski definition) is 1. The van der Waals surface area contributed by atoms with Gasteiger partial charge in [0.05, 0.1) is 6.07 Å². The Morgan fingerprint density at radius 2 is 2.21 bits per heavy atom. The van der Waals surface area contributed by atoms with E-state index in [2.05, 4.69) is 32.2 Å². The van der Waals surface area contributed by atoms with E-state index in [1.807, 2.05) is 24.3 Å². The van der Waals surface area contributed by atoms with Crippen LogP contribution in [0.3, 0.4) is 0 Å². The van der Waals surface area contributed by atoms with Gasteiger partial charge in [-0.25, -0.2) is 0 Å². The summed E-state index contributed by atoms with van der Waals surface area (Å²) < 4.78 is 1.03. The maximum absolute atomic E-state index is 9.67. The van der Waals surface area contributed by atoms with Crippen molar-refractivity contribution < 1.29 is 0 Å². The summed E-state index contributed by atoms with van der Waals surface area (Å²) in [5.41, 5.74) is 0.616. The summed E-state index contributed by atoms with van der Waals surface area (Å²) in [6.45, 7) is 2.25. The van der Waals surface area contributed by atoms with Crippen LogP contribution in [0.25, 0.3) is 0 Å². The molecule has 2 saturated heterocycles. The Balaban J connectivity index is 1.81. The summed E-state index contributed by atoms with van der Waals surface area (Å²) in [4.78, 5) is 2.54. The zero-order valence-corrected chi connectivity index (χ0v) is 12.5. The van der Waals surface area contributed by atoms with Crippen molar-refractivity contribution in [2.45, 2.75) is 37.3 Å². The number of rotatable bonds is 2. The lowest BCUT2D eigenvalue weighted by atomic mass is 9.84. The number of nitrogens with zero attached hydrogens (tertiary/aromatic N) is 2. The number of nitrogens with one attached hydrogen (secondary N) is 1. The van der Waals surface area contributed by atoms with Gasteiger partial charge in [-0.1, -0.05) is 12.1 Å². The van der Waals surface area contributed by atoms with E-state index in [0.717, 1.165) is 29.5 Å². The number of benzene rings is 1. The van der Waals surface area contributed by atoms with Crippen LogP contribution in [-0.4, -0.2) is 29.6 Å². The minimum absolute atomic E-state index is 0.407. The fourth-order valence-corrected chi connectivity index (χ4v) is 3.71. The predicted octanol–water partition coefficient (Wildman–Crippen LogP) is 3.38. The highest BCUT2D eigenvalue weighted by Crippen LogP contribution is 2.36. The summed E-state index contributed by atoms with van der Waals surface area (Å²) in [5.74, 6) is 0. The number of piperidine rings is 1. The number of para-hydroxylation sites is 1. The number of anilines is 1. The number of hydrogen-bond acceptors (Lipinski definition) is 3. The molecular weight excluding hydrogens is 302 g/mol. The zero-order valence-electron chi connectivity index (χ0n) is 10.9. The molecule has 0 bridgehead atoms. The molecule has 1 N–H and O–H groups in total. The molecule has 0 amide bonds. The first-order valence-corrected chi connectivity index (χ1v) is 7.70. The van der Waals surface area contributed by atoms with Gasteiger partial charge in [0.1, 0.15) is 5.54 Å². The first kappa shape index (κ1) is 13.0. The average Bonchev–Trinajstić information content (AvgIpc) is 2.88. The second-order valence-corrected chi connectivity index (χ2v) is 6.44. The monoisotopic (exact) mass is 319 g/mol. The third-order valence-electron chi connectivity index (χ3n) is 4.37. The Hall–Kier alpha value is -1.05. The lowest BCUT2D eigenvalue weighted by Crippen LogP contribution is -2.51. The fraction of sp³-hybridized carbons (Fsp3) is 0.533. The van der Waals surface area contributed by atoms with Gasteiger partial charge in [0.25, 0.3) is 0 Å². The second-order valence-electron chi connectivity index (χ2n) is 5.58. The molecule has 2 aliphatic heterocycles. The smallest absolute Gasteiger partial charge is 0.128 e. The molecule has 0 radical (unpaired) electrons. The van der Waals surface area contributed by atoms with Crippen LogP contribution in [0.15, 0.2) is 28.7 Å². The maximum Gasteiger partial charge on any atom is 0.128 e. The Bertz CT molecular complexity index is 510. The molecule has 0 spiro atoms. The van der Waals surface area contributed by atoms with Crippen LogP contribution in [0.4, 0.5) is 5.69 Å². The third kappa shape index (κ3) is 2.50. The van der Waals surface area contributed by atoms with Crippen LogP contribution < -0.4 is 5.32 Å². The van der Waals surface area contributed by atoms with Crippen molar-refractivity contribution in [3.05, 3.63) is 28.7 Å². The van der Waals surface area contributed by atoms with E-state index in [-0.39, 0.29) is 0 Å². The molecule has 19 heavy (non-hydrogen) atoms. The quantitative estimate of drug-likeness (QED) is 0.908. The zero-order chi connectivity index (χ0) is 13.3. The summed E-state index contributed by atoms with van der Waals surface area (Å²) in [6.07, 6.45) is 4.36. The average molecular weight is 320 g/mol. The van der Waals surface area contributed by atoms with Gasteiger partial charge >= 0.3 is 0 Å². The SMILES string of the molecule is N#CC1(Nc2ccccc2Br)CCN2CCCC2C1. The standard InChI is InChI=1S/C15H18BrN3/c16-13-5-1-2-6-14(13)18-15(11-17)7-9-19-8-3-4-12(19)10-15/h1-2,5-6,12,18H,3-4,7-10H2. The Morgan fingerprint density at radius 1 is 1.37 bits per heavy atom. The summed E-state index contributed by atoms with van der Waals surface area (Å²) in [7, 11) is 0. The van der Waals surface area contributed by atoms with Crippen molar-refractivity contribution in [3.63, 3.8) is 0 Å². The van der Waals surface area contributed by atoms with Gasteiger partial charge in [-0.05, 0) is 60.3 Å². The van der Waals surface area contributed by atoms with Crippen molar-refractivity contribution >= 4 is 21.6 Å². The van der Waals surface area contributed by atoms with Crippen LogP contribution in [0.1, 0.15) is 25.7 Å². The largest absolute Gasteiger partial charge is 0.366 e. The molecular formula is C15H18BrN3. The summed E-state index contributed by atoms with van der Waals surface area (Å²) >= 11 is 3.55. The van der Waals surface area contributed by atoms with Gasteiger partial charge in [-0.2, -0.15) is 5.26 Å². The van der Waals surface area contributed by atoms with Gasteiger partial charge in [-0.3, -0.25) is 0 Å². The van der Waals surface area contributed by atoms with Gasteiger partial charge in [0, 0.05) is 22.7 Å². The second kappa shape index (κ2) is 5.15. The molecule has 1 aromatic rings. The molecule has 2 unspecified atom stereocenters. The highest BCUT2D eigenvalue weighted by atomic mass is 79.9. The highest BCUT2D eigenvalue weighted by Gasteiger charge is 2.41. The van der Waals surface area contributed by atoms with Gasteiger partial charge in [-0.15, -0.1) is 0 Å². The molecule has 1 aromatic carbocycles. The minimum Gasteiger partial charge on any atom is -0.366 e. The van der Waals surface area contributed by atoms with Crippen molar-refractivity contribution in [1.82, 2.24) is 4.90 Å². The van der Waals surface area contributed by atoms with Crippen LogP contribution >= 0.6 is 15.9 Å². The molecule has 0 aromatic heterocycles. The number of nitriles is 1. The molecule has 2 fully saturated rings. The van der Waals surface area contributed by atoms with Crippen LogP contribution in [0.5, 0.6) is 0 Å². The molecule has 2 heterocycles. The van der Waals surface area contributed by atoms with Crippen molar-refractivity contribution in [3.8, 4) is 6.07 Å². The van der Waals surface area contributed by atoms with E-state index in [4.69, 9.17) is 0 Å². The fourth-order valence-electron chi connectivity index (χ4n) is 3.32. The molecule has 2 atom stereocenters. The number of halogens is 1. The first-order chi connectivity index (χ1) is 9.22. The minimum atomic E-state index is -0.407. The summed E-state index contributed by atoms with van der Waals surface area (Å²) in [5, 5.41) is 13.2. The molecule has 4 heteroatoms. The number of fused-ring (bicyclic) bond motifs is 1. The van der Waals surface area contributed by atoms with E-state index >= 15 is 0 Å². The molecule has 0 aliphatic carbocycles. The normalized spacial score (nSPS) is 30.6. The van der Waals surface area contributed by atoms with Crippen molar-refractivity contribution in [2.24, 2.45) is 0 Å². The predicted molar refractivity (Wildman–Crippen MR) is 79.9 cm³/mol. The summed E-state index contributed by atoms with van der Waals surface area (Å²) in [6, 6.07) is 11.2. The van der Waals surface area contributed by atoms with Gasteiger partial charge < -0.3 is 10.2 Å². The van der Waals surface area contributed by atoms with Crippen LogP contribution in [0, 0.1) is 11.3 Å². The molecule has 0 saturated carbocycles. The molecule has 100 valence electrons. The molecule has 3 nitrogen and oxygen atoms in total. The topological polar surface area (TPSA) is 39.1 Å². The third-order valence-corrected chi connectivity index (χ3v) is 5.06. The molecule has 3 rings (SSSR count). The Labute approximate surface area is 122 Å². The van der Waals surface area contributed by atoms with Crippen LogP contribution in [0.2, 0.25) is 0 Å². The maximum atomic E-state index is 9.67. The van der Waals surface area contributed by atoms with E-state index < -0.39 is 5.54 Å². The van der Waals surface area contributed by atoms with Crippen LogP contribution in [-0.2, 0) is 0 Å².